The highest BCUT2D eigenvalue weighted by molar-refractivity contribution is 5.04. The van der Waals surface area contributed by atoms with Crippen molar-refractivity contribution in [1.29, 1.82) is 0 Å². The van der Waals surface area contributed by atoms with Crippen LogP contribution in [0.2, 0.25) is 0 Å². The van der Waals surface area contributed by atoms with E-state index in [1.807, 2.05) is 0 Å². The Morgan fingerprint density at radius 2 is 2.00 bits per heavy atom. The lowest BCUT2D eigenvalue weighted by Gasteiger charge is -2.31. The Hall–Kier alpha value is -0.160. The number of likely N-dealkylation sites (N-methyl/N-ethyl adjacent to an activating group) is 1. The smallest absolute Gasteiger partial charge is 0.0614 e. The van der Waals surface area contributed by atoms with Gasteiger partial charge >= 0.3 is 0 Å². The van der Waals surface area contributed by atoms with Crippen LogP contribution in [0.25, 0.3) is 0 Å². The summed E-state index contributed by atoms with van der Waals surface area (Å²) in [4.78, 5) is 5.06. The summed E-state index contributed by atoms with van der Waals surface area (Å²) < 4.78 is 0. The molecule has 20 heavy (non-hydrogen) atoms. The monoisotopic (exact) mass is 281 g/mol. The molecule has 0 bridgehead atoms. The maximum atomic E-state index is 9.86. The van der Waals surface area contributed by atoms with Crippen molar-refractivity contribution in [3.8, 4) is 0 Å². The molecule has 0 aromatic carbocycles. The van der Waals surface area contributed by atoms with Gasteiger partial charge in [0.1, 0.15) is 0 Å². The fraction of sp³-hybridized carbons (Fsp3) is 1.00. The predicted octanol–water partition coefficient (Wildman–Crippen LogP) is 0.904. The van der Waals surface area contributed by atoms with Crippen LogP contribution in [-0.2, 0) is 0 Å². The van der Waals surface area contributed by atoms with Crippen LogP contribution in [0.4, 0.5) is 0 Å². The van der Waals surface area contributed by atoms with E-state index >= 15 is 0 Å². The van der Waals surface area contributed by atoms with Crippen molar-refractivity contribution in [3.63, 3.8) is 0 Å². The average Bonchev–Trinajstić information content (AvgIpc) is 2.97. The van der Waals surface area contributed by atoms with Crippen molar-refractivity contribution >= 4 is 0 Å². The van der Waals surface area contributed by atoms with Crippen molar-refractivity contribution in [2.45, 2.75) is 62.7 Å². The van der Waals surface area contributed by atoms with Gasteiger partial charge in [-0.2, -0.15) is 0 Å². The van der Waals surface area contributed by atoms with Gasteiger partial charge in [-0.15, -0.1) is 0 Å². The van der Waals surface area contributed by atoms with Crippen molar-refractivity contribution in [2.75, 3.05) is 33.8 Å². The average molecular weight is 281 g/mol. The number of aliphatic hydroxyl groups is 1. The molecule has 3 aliphatic rings. The van der Waals surface area contributed by atoms with Gasteiger partial charge in [-0.1, -0.05) is 6.92 Å². The number of nitrogens with zero attached hydrogens (tertiary/aromatic N) is 2. The molecule has 1 aliphatic heterocycles. The molecule has 4 nitrogen and oxygen atoms in total. The van der Waals surface area contributed by atoms with E-state index in [9.17, 15) is 5.11 Å². The van der Waals surface area contributed by atoms with E-state index in [1.54, 1.807) is 0 Å². The summed E-state index contributed by atoms with van der Waals surface area (Å²) in [5, 5.41) is 13.6. The molecule has 0 spiro atoms. The minimum atomic E-state index is 0.0191. The molecular weight excluding hydrogens is 250 g/mol. The van der Waals surface area contributed by atoms with Crippen LogP contribution in [-0.4, -0.2) is 72.4 Å². The maximum Gasteiger partial charge on any atom is 0.0614 e. The van der Waals surface area contributed by atoms with Crippen LogP contribution in [0.15, 0.2) is 0 Å². The first-order valence-corrected chi connectivity index (χ1v) is 8.32. The fourth-order valence-corrected chi connectivity index (χ4v) is 4.35. The molecule has 0 radical (unpaired) electrons. The summed E-state index contributed by atoms with van der Waals surface area (Å²) in [6, 6.07) is 2.05. The molecule has 4 heteroatoms. The number of rotatable bonds is 5. The molecular formula is C16H31N3O. The molecule has 0 amide bonds. The zero-order chi connectivity index (χ0) is 14.3. The molecule has 2 N–H and O–H groups in total. The third-order valence-electron chi connectivity index (χ3n) is 5.75. The Bertz CT molecular complexity index is 345. The summed E-state index contributed by atoms with van der Waals surface area (Å²) in [5.74, 6) is 0.755. The topological polar surface area (TPSA) is 38.7 Å². The van der Waals surface area contributed by atoms with Gasteiger partial charge in [-0.05, 0) is 52.1 Å². The number of aliphatic hydroxyl groups excluding tert-OH is 1. The molecule has 4 unspecified atom stereocenters. The Balaban J connectivity index is 1.59. The van der Waals surface area contributed by atoms with Gasteiger partial charge in [0, 0.05) is 36.8 Å². The SMILES string of the molecule is CC1CN(C2CCC(CO)(NC3CC3)C2)CC1N(C)C. The van der Waals surface area contributed by atoms with Gasteiger partial charge < -0.3 is 15.3 Å². The number of hydrogen-bond donors (Lipinski definition) is 2. The van der Waals surface area contributed by atoms with Crippen LogP contribution >= 0.6 is 0 Å². The molecule has 3 rings (SSSR count). The lowest BCUT2D eigenvalue weighted by molar-refractivity contribution is 0.146. The molecule has 0 aromatic rings. The van der Waals surface area contributed by atoms with Crippen LogP contribution in [0, 0.1) is 5.92 Å². The molecule has 116 valence electrons. The van der Waals surface area contributed by atoms with E-state index in [0.29, 0.717) is 24.7 Å². The van der Waals surface area contributed by atoms with Crippen LogP contribution in [0.1, 0.15) is 39.0 Å². The highest BCUT2D eigenvalue weighted by atomic mass is 16.3. The van der Waals surface area contributed by atoms with Gasteiger partial charge in [0.05, 0.1) is 6.61 Å². The Morgan fingerprint density at radius 3 is 2.55 bits per heavy atom. The molecule has 2 aliphatic carbocycles. The summed E-state index contributed by atoms with van der Waals surface area (Å²) in [6.45, 7) is 5.10. The van der Waals surface area contributed by atoms with E-state index in [4.69, 9.17) is 0 Å². The van der Waals surface area contributed by atoms with Crippen LogP contribution < -0.4 is 5.32 Å². The maximum absolute atomic E-state index is 9.86. The van der Waals surface area contributed by atoms with E-state index < -0.39 is 0 Å². The third kappa shape index (κ3) is 2.89. The fourth-order valence-electron chi connectivity index (χ4n) is 4.35. The lowest BCUT2D eigenvalue weighted by Crippen LogP contribution is -2.49. The molecule has 0 aromatic heterocycles. The summed E-state index contributed by atoms with van der Waals surface area (Å²) in [7, 11) is 4.40. The first kappa shape index (κ1) is 14.8. The second kappa shape index (κ2) is 5.56. The third-order valence-corrected chi connectivity index (χ3v) is 5.75. The largest absolute Gasteiger partial charge is 0.394 e. The predicted molar refractivity (Wildman–Crippen MR) is 81.8 cm³/mol. The Labute approximate surface area is 123 Å². The molecule has 1 heterocycles. The minimum Gasteiger partial charge on any atom is -0.394 e. The van der Waals surface area contributed by atoms with E-state index in [1.165, 1.54) is 32.4 Å². The highest BCUT2D eigenvalue weighted by Crippen LogP contribution is 2.38. The van der Waals surface area contributed by atoms with Crippen molar-refractivity contribution in [3.05, 3.63) is 0 Å². The Kier molecular flexibility index (Phi) is 4.10. The van der Waals surface area contributed by atoms with Gasteiger partial charge in [-0.3, -0.25) is 4.90 Å². The van der Waals surface area contributed by atoms with Gasteiger partial charge in [0.2, 0.25) is 0 Å². The molecule has 4 atom stereocenters. The Morgan fingerprint density at radius 1 is 1.25 bits per heavy atom. The van der Waals surface area contributed by atoms with Crippen molar-refractivity contribution in [2.24, 2.45) is 5.92 Å². The van der Waals surface area contributed by atoms with Crippen LogP contribution in [0.5, 0.6) is 0 Å². The number of likely N-dealkylation sites (tertiary alicyclic amines) is 1. The number of hydrogen-bond acceptors (Lipinski definition) is 4. The zero-order valence-electron chi connectivity index (χ0n) is 13.3. The van der Waals surface area contributed by atoms with Crippen molar-refractivity contribution in [1.82, 2.24) is 15.1 Å². The first-order chi connectivity index (χ1) is 9.53. The quantitative estimate of drug-likeness (QED) is 0.785. The van der Waals surface area contributed by atoms with Gasteiger partial charge in [0.15, 0.2) is 0 Å². The molecule has 2 saturated carbocycles. The van der Waals surface area contributed by atoms with E-state index in [-0.39, 0.29) is 5.54 Å². The number of nitrogens with one attached hydrogen (secondary N) is 1. The second-order valence-corrected chi connectivity index (χ2v) is 7.72. The van der Waals surface area contributed by atoms with Gasteiger partial charge in [-0.25, -0.2) is 0 Å². The lowest BCUT2D eigenvalue weighted by atomic mass is 9.98. The van der Waals surface area contributed by atoms with E-state index in [2.05, 4.69) is 36.1 Å². The first-order valence-electron chi connectivity index (χ1n) is 8.32. The summed E-state index contributed by atoms with van der Waals surface area (Å²) in [5.41, 5.74) is 0.0191. The van der Waals surface area contributed by atoms with Gasteiger partial charge in [0.25, 0.3) is 0 Å². The zero-order valence-corrected chi connectivity index (χ0v) is 13.3. The van der Waals surface area contributed by atoms with Crippen molar-refractivity contribution < 1.29 is 5.11 Å². The molecule has 1 saturated heterocycles. The molecule has 3 fully saturated rings. The van der Waals surface area contributed by atoms with Crippen LogP contribution in [0.3, 0.4) is 0 Å². The summed E-state index contributed by atoms with van der Waals surface area (Å²) >= 11 is 0. The minimum absolute atomic E-state index is 0.0191. The second-order valence-electron chi connectivity index (χ2n) is 7.72. The summed E-state index contributed by atoms with van der Waals surface area (Å²) in [6.07, 6.45) is 6.12. The highest BCUT2D eigenvalue weighted by Gasteiger charge is 2.45. The van der Waals surface area contributed by atoms with E-state index in [0.717, 1.165) is 18.8 Å². The standard InChI is InChI=1S/C16H31N3O/c1-12-9-19(10-15(12)18(2)3)14-6-7-16(8-14,11-20)17-13-4-5-13/h12-15,17,20H,4-11H2,1-3H3. The normalized spacial score (nSPS) is 42.8.